The third kappa shape index (κ3) is 2.18. The Morgan fingerprint density at radius 3 is 2.65 bits per heavy atom. The quantitative estimate of drug-likeness (QED) is 0.856. The first-order valence-corrected chi connectivity index (χ1v) is 5.11. The van der Waals surface area contributed by atoms with Gasteiger partial charge in [0.05, 0.1) is 11.9 Å². The molecule has 0 aliphatic carbocycles. The van der Waals surface area contributed by atoms with Gasteiger partial charge in [-0.1, -0.05) is 19.1 Å². The number of rotatable bonds is 3. The fourth-order valence-corrected chi connectivity index (χ4v) is 1.71. The molecule has 5 heteroatoms. The Kier molecular flexibility index (Phi) is 2.91. The highest BCUT2D eigenvalue weighted by Gasteiger charge is 2.19. The zero-order valence-electron chi connectivity index (χ0n) is 9.14. The van der Waals surface area contributed by atoms with Gasteiger partial charge >= 0.3 is 5.97 Å². The number of nitrogens with zero attached hydrogens (tertiary/aromatic N) is 1. The average molecular weight is 234 g/mol. The second kappa shape index (κ2) is 4.37. The lowest BCUT2D eigenvalue weighted by Crippen LogP contribution is -2.05. The van der Waals surface area contributed by atoms with Crippen molar-refractivity contribution in [1.29, 1.82) is 0 Å². The standard InChI is InChI=1S/C12H11FN2O2/c1-7(8-2-4-9(13)5-3-8)11-10(12(16)17)6-14-15-11/h2-7H,1H3,(H,14,15)(H,16,17). The minimum Gasteiger partial charge on any atom is -0.478 e. The van der Waals surface area contributed by atoms with Crippen LogP contribution in [0.2, 0.25) is 0 Å². The van der Waals surface area contributed by atoms with Gasteiger partial charge in [0.2, 0.25) is 0 Å². The van der Waals surface area contributed by atoms with Crippen LogP contribution in [0.25, 0.3) is 0 Å². The summed E-state index contributed by atoms with van der Waals surface area (Å²) in [6.07, 6.45) is 1.28. The summed E-state index contributed by atoms with van der Waals surface area (Å²) in [6, 6.07) is 5.96. The van der Waals surface area contributed by atoms with E-state index in [1.165, 1.54) is 18.3 Å². The van der Waals surface area contributed by atoms with Crippen LogP contribution in [-0.4, -0.2) is 21.3 Å². The van der Waals surface area contributed by atoms with Crippen molar-refractivity contribution >= 4 is 5.97 Å². The lowest BCUT2D eigenvalue weighted by Gasteiger charge is -2.10. The molecule has 4 nitrogen and oxygen atoms in total. The highest BCUT2D eigenvalue weighted by atomic mass is 19.1. The highest BCUT2D eigenvalue weighted by Crippen LogP contribution is 2.25. The van der Waals surface area contributed by atoms with Crippen LogP contribution in [0, 0.1) is 5.82 Å². The summed E-state index contributed by atoms with van der Waals surface area (Å²) in [6.45, 7) is 1.84. The maximum absolute atomic E-state index is 12.8. The summed E-state index contributed by atoms with van der Waals surface area (Å²) in [5.74, 6) is -1.52. The molecule has 0 amide bonds. The molecular weight excluding hydrogens is 223 g/mol. The molecule has 0 spiro atoms. The van der Waals surface area contributed by atoms with Crippen molar-refractivity contribution in [3.05, 3.63) is 53.1 Å². The molecule has 1 aromatic carbocycles. The van der Waals surface area contributed by atoms with E-state index in [0.717, 1.165) is 5.56 Å². The lowest BCUT2D eigenvalue weighted by molar-refractivity contribution is 0.0695. The zero-order chi connectivity index (χ0) is 12.4. The van der Waals surface area contributed by atoms with Crippen molar-refractivity contribution in [3.63, 3.8) is 0 Å². The Bertz CT molecular complexity index is 534. The summed E-state index contributed by atoms with van der Waals surface area (Å²) in [4.78, 5) is 11.0. The van der Waals surface area contributed by atoms with Crippen LogP contribution >= 0.6 is 0 Å². The number of aromatic amines is 1. The van der Waals surface area contributed by atoms with Crippen LogP contribution in [0.4, 0.5) is 4.39 Å². The van der Waals surface area contributed by atoms with Crippen molar-refractivity contribution in [2.75, 3.05) is 0 Å². The highest BCUT2D eigenvalue weighted by molar-refractivity contribution is 5.88. The molecular formula is C12H11FN2O2. The van der Waals surface area contributed by atoms with Gasteiger partial charge in [-0.2, -0.15) is 5.10 Å². The summed E-state index contributed by atoms with van der Waals surface area (Å²) < 4.78 is 12.8. The molecule has 88 valence electrons. The molecule has 0 saturated heterocycles. The van der Waals surface area contributed by atoms with E-state index in [9.17, 15) is 9.18 Å². The molecule has 2 rings (SSSR count). The van der Waals surface area contributed by atoms with Gasteiger partial charge in [-0.25, -0.2) is 9.18 Å². The number of carboxylic acids is 1. The third-order valence-corrected chi connectivity index (χ3v) is 2.70. The molecule has 0 bridgehead atoms. The van der Waals surface area contributed by atoms with Crippen molar-refractivity contribution in [1.82, 2.24) is 10.2 Å². The number of benzene rings is 1. The van der Waals surface area contributed by atoms with Crippen LogP contribution in [0.1, 0.15) is 34.5 Å². The van der Waals surface area contributed by atoms with Gasteiger partial charge in [0, 0.05) is 5.92 Å². The van der Waals surface area contributed by atoms with Gasteiger partial charge in [0.25, 0.3) is 0 Å². The van der Waals surface area contributed by atoms with E-state index in [1.54, 1.807) is 12.1 Å². The molecule has 1 heterocycles. The number of hydrogen-bond donors (Lipinski definition) is 2. The van der Waals surface area contributed by atoms with Gasteiger partial charge in [0.15, 0.2) is 0 Å². The van der Waals surface area contributed by atoms with E-state index >= 15 is 0 Å². The monoisotopic (exact) mass is 234 g/mol. The number of aromatic nitrogens is 2. The summed E-state index contributed by atoms with van der Waals surface area (Å²) in [5, 5.41) is 15.4. The van der Waals surface area contributed by atoms with Gasteiger partial charge in [-0.15, -0.1) is 0 Å². The van der Waals surface area contributed by atoms with Crippen LogP contribution in [0.15, 0.2) is 30.5 Å². The molecule has 1 unspecified atom stereocenters. The zero-order valence-corrected chi connectivity index (χ0v) is 9.14. The summed E-state index contributed by atoms with van der Waals surface area (Å²) >= 11 is 0. The smallest absolute Gasteiger partial charge is 0.339 e. The van der Waals surface area contributed by atoms with Crippen molar-refractivity contribution in [2.24, 2.45) is 0 Å². The van der Waals surface area contributed by atoms with E-state index in [2.05, 4.69) is 10.2 Å². The minimum absolute atomic E-state index is 0.141. The number of H-pyrrole nitrogens is 1. The van der Waals surface area contributed by atoms with Gasteiger partial charge < -0.3 is 5.11 Å². The van der Waals surface area contributed by atoms with Crippen molar-refractivity contribution in [2.45, 2.75) is 12.8 Å². The van der Waals surface area contributed by atoms with Crippen molar-refractivity contribution in [3.8, 4) is 0 Å². The van der Waals surface area contributed by atoms with Crippen LogP contribution < -0.4 is 0 Å². The Morgan fingerprint density at radius 2 is 2.06 bits per heavy atom. The third-order valence-electron chi connectivity index (χ3n) is 2.70. The number of carboxylic acid groups (broad SMARTS) is 1. The maximum atomic E-state index is 12.8. The SMILES string of the molecule is CC(c1ccc(F)cc1)c1[nH]ncc1C(=O)O. The first-order valence-electron chi connectivity index (χ1n) is 5.11. The molecule has 0 radical (unpaired) electrons. The van der Waals surface area contributed by atoms with E-state index in [1.807, 2.05) is 6.92 Å². The number of nitrogens with one attached hydrogen (secondary N) is 1. The second-order valence-electron chi connectivity index (χ2n) is 3.78. The summed E-state index contributed by atoms with van der Waals surface area (Å²) in [7, 11) is 0. The summed E-state index contributed by atoms with van der Waals surface area (Å²) in [5.41, 5.74) is 1.49. The fraction of sp³-hybridized carbons (Fsp3) is 0.167. The Balaban J connectivity index is 2.36. The average Bonchev–Trinajstić information content (AvgIpc) is 2.78. The topological polar surface area (TPSA) is 66.0 Å². The number of halogens is 1. The molecule has 1 atom stereocenters. The van der Waals surface area contributed by atoms with E-state index in [4.69, 9.17) is 5.11 Å². The van der Waals surface area contributed by atoms with Crippen LogP contribution in [0.3, 0.4) is 0 Å². The lowest BCUT2D eigenvalue weighted by atomic mass is 9.95. The molecule has 0 aliphatic rings. The molecule has 2 N–H and O–H groups in total. The Hall–Kier alpha value is -2.17. The first-order chi connectivity index (χ1) is 8.09. The van der Waals surface area contributed by atoms with Crippen LogP contribution in [0.5, 0.6) is 0 Å². The molecule has 0 saturated carbocycles. The Morgan fingerprint density at radius 1 is 1.41 bits per heavy atom. The van der Waals surface area contributed by atoms with E-state index in [-0.39, 0.29) is 17.3 Å². The van der Waals surface area contributed by atoms with Crippen molar-refractivity contribution < 1.29 is 14.3 Å². The van der Waals surface area contributed by atoms with Gasteiger partial charge in [0.1, 0.15) is 11.4 Å². The van der Waals surface area contributed by atoms with Gasteiger partial charge in [-0.3, -0.25) is 5.10 Å². The molecule has 0 aliphatic heterocycles. The van der Waals surface area contributed by atoms with Crippen LogP contribution in [-0.2, 0) is 0 Å². The first kappa shape index (κ1) is 11.3. The predicted octanol–water partition coefficient (Wildman–Crippen LogP) is 2.40. The normalized spacial score (nSPS) is 12.4. The number of carbonyl (C=O) groups is 1. The van der Waals surface area contributed by atoms with E-state index in [0.29, 0.717) is 5.69 Å². The minimum atomic E-state index is -1.03. The largest absolute Gasteiger partial charge is 0.478 e. The second-order valence-corrected chi connectivity index (χ2v) is 3.78. The number of hydrogen-bond acceptors (Lipinski definition) is 2. The van der Waals surface area contributed by atoms with Gasteiger partial charge in [-0.05, 0) is 17.7 Å². The fourth-order valence-electron chi connectivity index (χ4n) is 1.71. The molecule has 1 aromatic heterocycles. The number of aromatic carboxylic acids is 1. The predicted molar refractivity (Wildman–Crippen MR) is 59.5 cm³/mol. The molecule has 17 heavy (non-hydrogen) atoms. The van der Waals surface area contributed by atoms with E-state index < -0.39 is 5.97 Å². The maximum Gasteiger partial charge on any atom is 0.339 e. The Labute approximate surface area is 97.1 Å². The molecule has 2 aromatic rings. The molecule has 0 fully saturated rings.